The number of carbonyl (C=O) groups excluding carboxylic acids is 1. The van der Waals surface area contributed by atoms with Gasteiger partial charge in [0.1, 0.15) is 33.2 Å². The summed E-state index contributed by atoms with van der Waals surface area (Å²) in [4.78, 5) is 23.8. The van der Waals surface area contributed by atoms with Crippen molar-refractivity contribution in [2.75, 3.05) is 32.8 Å². The molecular formula is C24H23N3O5S. The average molecular weight is 466 g/mol. The van der Waals surface area contributed by atoms with Crippen molar-refractivity contribution < 1.29 is 23.7 Å². The number of ether oxygens (including phenoxy) is 4. The molecule has 9 heteroatoms. The smallest absolute Gasteiger partial charge is 0.267 e. The van der Waals surface area contributed by atoms with Gasteiger partial charge in [-0.2, -0.15) is 0 Å². The Morgan fingerprint density at radius 3 is 2.48 bits per heavy atom. The highest BCUT2D eigenvalue weighted by Gasteiger charge is 2.23. The molecule has 33 heavy (non-hydrogen) atoms. The Morgan fingerprint density at radius 1 is 0.970 bits per heavy atom. The average Bonchev–Trinajstić information content (AvgIpc) is 3.31. The van der Waals surface area contributed by atoms with Crippen LogP contribution in [0.15, 0.2) is 60.9 Å². The zero-order chi connectivity index (χ0) is 23.2. The van der Waals surface area contributed by atoms with E-state index in [0.717, 1.165) is 10.3 Å². The summed E-state index contributed by atoms with van der Waals surface area (Å²) in [5, 5.41) is 0.510. The van der Waals surface area contributed by atoms with Gasteiger partial charge in [0.15, 0.2) is 11.7 Å². The number of aromatic nitrogens is 2. The number of methoxy groups -OCH3 is 3. The van der Waals surface area contributed by atoms with Crippen molar-refractivity contribution >= 4 is 32.6 Å². The zero-order valence-electron chi connectivity index (χ0n) is 18.5. The van der Waals surface area contributed by atoms with Gasteiger partial charge in [0.2, 0.25) is 0 Å². The largest absolute Gasteiger partial charge is 0.497 e. The first-order valence-electron chi connectivity index (χ1n) is 10.1. The molecule has 8 nitrogen and oxygen atoms in total. The lowest BCUT2D eigenvalue weighted by molar-refractivity contribution is -0.120. The first-order valence-corrected chi connectivity index (χ1v) is 10.9. The van der Waals surface area contributed by atoms with Crippen LogP contribution in [0.1, 0.15) is 5.56 Å². The van der Waals surface area contributed by atoms with Crippen LogP contribution in [0.25, 0.3) is 10.2 Å². The topological polar surface area (TPSA) is 83.0 Å². The number of hydrogen-bond donors (Lipinski definition) is 0. The molecule has 0 unspecified atom stereocenters. The summed E-state index contributed by atoms with van der Waals surface area (Å²) in [5.41, 5.74) is 1.50. The summed E-state index contributed by atoms with van der Waals surface area (Å²) in [6.45, 7) is 0.121. The molecule has 0 fully saturated rings. The summed E-state index contributed by atoms with van der Waals surface area (Å²) in [6, 6.07) is 14.5. The minimum atomic E-state index is -0.251. The molecule has 0 spiro atoms. The Hall–Kier alpha value is -3.85. The van der Waals surface area contributed by atoms with E-state index in [0.29, 0.717) is 40.2 Å². The Balaban J connectivity index is 1.66. The number of amides is 1. The van der Waals surface area contributed by atoms with Crippen molar-refractivity contribution in [3.8, 4) is 23.0 Å². The van der Waals surface area contributed by atoms with E-state index >= 15 is 0 Å². The summed E-state index contributed by atoms with van der Waals surface area (Å²) in [7, 11) is 4.76. The fourth-order valence-corrected chi connectivity index (χ4v) is 4.33. The third-order valence-electron chi connectivity index (χ3n) is 4.90. The minimum Gasteiger partial charge on any atom is -0.497 e. The molecule has 4 rings (SSSR count). The van der Waals surface area contributed by atoms with Crippen LogP contribution in [-0.4, -0.2) is 43.8 Å². The number of carbonyl (C=O) groups is 1. The summed E-state index contributed by atoms with van der Waals surface area (Å²) in [6.07, 6.45) is 3.41. The zero-order valence-corrected chi connectivity index (χ0v) is 19.3. The summed E-state index contributed by atoms with van der Waals surface area (Å²) < 4.78 is 22.7. The van der Waals surface area contributed by atoms with Crippen molar-refractivity contribution in [1.29, 1.82) is 0 Å². The maximum atomic E-state index is 13.3. The molecule has 1 amide bonds. The van der Waals surface area contributed by atoms with Crippen molar-refractivity contribution in [3.05, 3.63) is 66.5 Å². The van der Waals surface area contributed by atoms with Crippen molar-refractivity contribution in [1.82, 2.24) is 9.97 Å². The fourth-order valence-electron chi connectivity index (χ4n) is 3.24. The number of thiazole rings is 1. The molecule has 2 aromatic heterocycles. The molecule has 0 aliphatic carbocycles. The Labute approximate surface area is 195 Å². The first-order chi connectivity index (χ1) is 16.1. The van der Waals surface area contributed by atoms with E-state index in [1.54, 1.807) is 62.9 Å². The second kappa shape index (κ2) is 10.2. The predicted octanol–water partition coefficient (Wildman–Crippen LogP) is 4.33. The van der Waals surface area contributed by atoms with Crippen molar-refractivity contribution in [2.45, 2.75) is 6.54 Å². The maximum Gasteiger partial charge on any atom is 0.267 e. The monoisotopic (exact) mass is 465 g/mol. The molecule has 0 N–H and O–H groups in total. The van der Waals surface area contributed by atoms with Crippen LogP contribution in [0.4, 0.5) is 5.13 Å². The van der Waals surface area contributed by atoms with Gasteiger partial charge in [-0.05, 0) is 35.9 Å². The van der Waals surface area contributed by atoms with Crippen LogP contribution in [0.3, 0.4) is 0 Å². The Morgan fingerprint density at radius 2 is 1.76 bits per heavy atom. The van der Waals surface area contributed by atoms with Gasteiger partial charge in [-0.25, -0.2) is 4.98 Å². The van der Waals surface area contributed by atoms with Crippen LogP contribution < -0.4 is 23.8 Å². The van der Waals surface area contributed by atoms with E-state index in [2.05, 4.69) is 4.98 Å². The van der Waals surface area contributed by atoms with Gasteiger partial charge in [0.05, 0.1) is 27.9 Å². The van der Waals surface area contributed by atoms with Gasteiger partial charge in [-0.15, -0.1) is 0 Å². The van der Waals surface area contributed by atoms with Gasteiger partial charge >= 0.3 is 0 Å². The van der Waals surface area contributed by atoms with Gasteiger partial charge in [0, 0.05) is 18.5 Å². The lowest BCUT2D eigenvalue weighted by atomic mass is 10.2. The van der Waals surface area contributed by atoms with E-state index in [-0.39, 0.29) is 12.5 Å². The molecule has 0 aliphatic heterocycles. The summed E-state index contributed by atoms with van der Waals surface area (Å²) >= 11 is 1.35. The number of fused-ring (bicyclic) bond motifs is 1. The van der Waals surface area contributed by atoms with Gasteiger partial charge < -0.3 is 18.9 Å². The maximum absolute atomic E-state index is 13.3. The second-order valence-electron chi connectivity index (χ2n) is 6.95. The summed E-state index contributed by atoms with van der Waals surface area (Å²) in [5.74, 6) is 2.21. The van der Waals surface area contributed by atoms with Crippen molar-refractivity contribution in [3.63, 3.8) is 0 Å². The molecule has 2 aromatic carbocycles. The van der Waals surface area contributed by atoms with E-state index in [1.165, 1.54) is 11.3 Å². The van der Waals surface area contributed by atoms with Gasteiger partial charge in [-0.3, -0.25) is 14.7 Å². The fraction of sp³-hybridized carbons (Fsp3) is 0.208. The molecule has 0 radical (unpaired) electrons. The normalized spacial score (nSPS) is 10.6. The Bertz CT molecular complexity index is 1200. The lowest BCUT2D eigenvalue weighted by Crippen LogP contribution is -2.34. The third kappa shape index (κ3) is 4.98. The number of hydrogen-bond acceptors (Lipinski definition) is 8. The number of rotatable bonds is 9. The van der Waals surface area contributed by atoms with Crippen molar-refractivity contribution in [2.24, 2.45) is 0 Å². The highest BCUT2D eigenvalue weighted by molar-refractivity contribution is 7.22. The second-order valence-corrected chi connectivity index (χ2v) is 7.93. The van der Waals surface area contributed by atoms with E-state index in [1.807, 2.05) is 24.3 Å². The Kier molecular flexibility index (Phi) is 6.89. The number of anilines is 1. The SMILES string of the molecule is COc1cccc(OCC(=O)N(Cc2cccnc2)c2nc3c(OC)ccc(OC)c3s2)c1. The van der Waals surface area contributed by atoms with Crippen LogP contribution >= 0.6 is 11.3 Å². The first kappa shape index (κ1) is 22.3. The van der Waals surface area contributed by atoms with E-state index in [4.69, 9.17) is 23.9 Å². The van der Waals surface area contributed by atoms with E-state index in [9.17, 15) is 4.79 Å². The predicted molar refractivity (Wildman–Crippen MR) is 127 cm³/mol. The number of nitrogens with zero attached hydrogens (tertiary/aromatic N) is 3. The van der Waals surface area contributed by atoms with Crippen LogP contribution in [0, 0.1) is 0 Å². The third-order valence-corrected chi connectivity index (χ3v) is 5.99. The molecule has 0 atom stereocenters. The van der Waals surface area contributed by atoms with Crippen LogP contribution in [0.5, 0.6) is 23.0 Å². The molecule has 0 aliphatic rings. The molecule has 170 valence electrons. The number of pyridine rings is 1. The molecule has 0 saturated carbocycles. The minimum absolute atomic E-state index is 0.169. The molecule has 0 saturated heterocycles. The van der Waals surface area contributed by atoms with Gasteiger partial charge in [-0.1, -0.05) is 23.5 Å². The molecule has 0 bridgehead atoms. The lowest BCUT2D eigenvalue weighted by Gasteiger charge is -2.20. The van der Waals surface area contributed by atoms with Gasteiger partial charge in [0.25, 0.3) is 5.91 Å². The molecular weight excluding hydrogens is 442 g/mol. The van der Waals surface area contributed by atoms with E-state index < -0.39 is 0 Å². The van der Waals surface area contributed by atoms with Crippen LogP contribution in [-0.2, 0) is 11.3 Å². The molecule has 4 aromatic rings. The standard InChI is InChI=1S/C24H23N3O5S/c1-29-17-7-4-8-18(12-17)32-15-21(28)27(14-16-6-5-11-25-13-16)24-26-22-19(30-2)9-10-20(31-3)23(22)33-24/h4-13H,14-15H2,1-3H3. The highest BCUT2D eigenvalue weighted by atomic mass is 32.1. The highest BCUT2D eigenvalue weighted by Crippen LogP contribution is 2.40. The quantitative estimate of drug-likeness (QED) is 0.364. The van der Waals surface area contributed by atoms with Crippen LogP contribution in [0.2, 0.25) is 0 Å². The molecule has 2 heterocycles. The number of benzene rings is 2.